The van der Waals surface area contributed by atoms with Gasteiger partial charge in [-0.2, -0.15) is 13.9 Å². The van der Waals surface area contributed by atoms with E-state index in [0.29, 0.717) is 18.7 Å². The third-order valence-corrected chi connectivity index (χ3v) is 4.49. The van der Waals surface area contributed by atoms with E-state index in [-0.39, 0.29) is 29.5 Å². The molecule has 1 aliphatic rings. The van der Waals surface area contributed by atoms with Crippen molar-refractivity contribution in [3.63, 3.8) is 0 Å². The number of benzene rings is 2. The maximum Gasteiger partial charge on any atom is 0.387 e. The van der Waals surface area contributed by atoms with Crippen molar-refractivity contribution in [2.24, 2.45) is 5.10 Å². The lowest BCUT2D eigenvalue weighted by atomic mass is 10.1. The van der Waals surface area contributed by atoms with Gasteiger partial charge in [-0.05, 0) is 23.8 Å². The topological polar surface area (TPSA) is 71.0 Å². The van der Waals surface area contributed by atoms with Crippen LogP contribution in [0.5, 0.6) is 5.75 Å². The van der Waals surface area contributed by atoms with Gasteiger partial charge in [0.05, 0.1) is 17.3 Å². The Morgan fingerprint density at radius 2 is 1.93 bits per heavy atom. The number of nitrogens with zero attached hydrogens (tertiary/aromatic N) is 2. The number of ether oxygens (including phenoxy) is 1. The molecule has 0 fully saturated rings. The Kier molecular flexibility index (Phi) is 6.77. The van der Waals surface area contributed by atoms with Gasteiger partial charge in [-0.3, -0.25) is 9.59 Å². The van der Waals surface area contributed by atoms with Crippen molar-refractivity contribution in [2.45, 2.75) is 25.9 Å². The summed E-state index contributed by atoms with van der Waals surface area (Å²) in [5.41, 5.74) is 2.13. The number of hydrogen-bond donors (Lipinski definition) is 1. The van der Waals surface area contributed by atoms with E-state index >= 15 is 0 Å². The van der Waals surface area contributed by atoms with Crippen LogP contribution >= 0.6 is 11.6 Å². The molecule has 29 heavy (non-hydrogen) atoms. The first kappa shape index (κ1) is 20.7. The SMILES string of the molecule is O=C(CCC(=O)N1CCC(c2ccccc2)=N1)Nc1ccc(OC(F)F)c(Cl)c1. The van der Waals surface area contributed by atoms with Crippen LogP contribution < -0.4 is 10.1 Å². The van der Waals surface area contributed by atoms with Crippen LogP contribution in [0.15, 0.2) is 53.6 Å². The van der Waals surface area contributed by atoms with Crippen molar-refractivity contribution in [2.75, 3.05) is 11.9 Å². The van der Waals surface area contributed by atoms with Gasteiger partial charge < -0.3 is 10.1 Å². The van der Waals surface area contributed by atoms with E-state index in [1.54, 1.807) is 0 Å². The van der Waals surface area contributed by atoms with E-state index in [2.05, 4.69) is 15.2 Å². The first-order valence-corrected chi connectivity index (χ1v) is 9.27. The minimum absolute atomic E-state index is 0.00227. The van der Waals surface area contributed by atoms with Crippen LogP contribution in [-0.4, -0.2) is 35.7 Å². The summed E-state index contributed by atoms with van der Waals surface area (Å²) in [6.45, 7) is -2.51. The number of carbonyl (C=O) groups is 2. The molecule has 1 N–H and O–H groups in total. The van der Waals surface area contributed by atoms with E-state index in [0.717, 1.165) is 11.3 Å². The summed E-state index contributed by atoms with van der Waals surface area (Å²) in [7, 11) is 0. The summed E-state index contributed by atoms with van der Waals surface area (Å²) >= 11 is 5.85. The molecule has 0 atom stereocenters. The molecule has 0 radical (unpaired) electrons. The van der Waals surface area contributed by atoms with Crippen LogP contribution in [0.1, 0.15) is 24.8 Å². The van der Waals surface area contributed by atoms with Crippen LogP contribution in [0.2, 0.25) is 5.02 Å². The monoisotopic (exact) mass is 421 g/mol. The van der Waals surface area contributed by atoms with Gasteiger partial charge in [0, 0.05) is 24.9 Å². The lowest BCUT2D eigenvalue weighted by molar-refractivity contribution is -0.132. The normalized spacial score (nSPS) is 13.4. The quantitative estimate of drug-likeness (QED) is 0.724. The Balaban J connectivity index is 1.50. The smallest absolute Gasteiger partial charge is 0.387 e. The average Bonchev–Trinajstić information content (AvgIpc) is 3.19. The molecular formula is C20H18ClF2N3O3. The number of amides is 2. The first-order chi connectivity index (χ1) is 13.9. The molecule has 0 bridgehead atoms. The number of halogens is 3. The molecule has 0 spiro atoms. The number of hydrazone groups is 1. The van der Waals surface area contributed by atoms with Crippen LogP contribution in [0.4, 0.5) is 14.5 Å². The highest BCUT2D eigenvalue weighted by Gasteiger charge is 2.22. The Labute approximate surface area is 171 Å². The maximum absolute atomic E-state index is 12.3. The second-order valence-corrected chi connectivity index (χ2v) is 6.66. The van der Waals surface area contributed by atoms with Gasteiger partial charge in [0.15, 0.2) is 0 Å². The van der Waals surface area contributed by atoms with Crippen LogP contribution in [0.25, 0.3) is 0 Å². The Bertz CT molecular complexity index is 922. The lowest BCUT2D eigenvalue weighted by Crippen LogP contribution is -2.25. The van der Waals surface area contributed by atoms with Crippen molar-refractivity contribution >= 4 is 34.8 Å². The van der Waals surface area contributed by atoms with Gasteiger partial charge in [-0.25, -0.2) is 5.01 Å². The van der Waals surface area contributed by atoms with E-state index < -0.39 is 12.5 Å². The zero-order valence-corrected chi connectivity index (χ0v) is 16.0. The fraction of sp³-hybridized carbons (Fsp3) is 0.250. The Morgan fingerprint density at radius 3 is 2.62 bits per heavy atom. The summed E-state index contributed by atoms with van der Waals surface area (Å²) in [6.07, 6.45) is 0.615. The summed E-state index contributed by atoms with van der Waals surface area (Å²) in [6, 6.07) is 13.5. The third-order valence-electron chi connectivity index (χ3n) is 4.19. The largest absolute Gasteiger partial charge is 0.433 e. The molecule has 0 aromatic heterocycles. The maximum atomic E-state index is 12.3. The Morgan fingerprint density at radius 1 is 1.17 bits per heavy atom. The number of rotatable bonds is 7. The fourth-order valence-electron chi connectivity index (χ4n) is 2.81. The number of nitrogens with one attached hydrogen (secondary N) is 1. The number of hydrogen-bond acceptors (Lipinski definition) is 4. The minimum Gasteiger partial charge on any atom is -0.433 e. The highest BCUT2D eigenvalue weighted by Crippen LogP contribution is 2.29. The molecule has 1 aliphatic heterocycles. The molecule has 152 valence electrons. The molecule has 0 unspecified atom stereocenters. The van der Waals surface area contributed by atoms with Gasteiger partial charge in [0.25, 0.3) is 0 Å². The molecule has 2 amide bonds. The zero-order valence-electron chi connectivity index (χ0n) is 15.3. The highest BCUT2D eigenvalue weighted by molar-refractivity contribution is 6.32. The Hall–Kier alpha value is -3.00. The molecule has 2 aromatic rings. The molecule has 0 aliphatic carbocycles. The van der Waals surface area contributed by atoms with E-state index in [9.17, 15) is 18.4 Å². The van der Waals surface area contributed by atoms with Crippen LogP contribution in [-0.2, 0) is 9.59 Å². The summed E-state index contributed by atoms with van der Waals surface area (Å²) in [4.78, 5) is 24.4. The van der Waals surface area contributed by atoms with Crippen molar-refractivity contribution in [3.05, 3.63) is 59.1 Å². The number of anilines is 1. The average molecular weight is 422 g/mol. The fourth-order valence-corrected chi connectivity index (χ4v) is 3.04. The molecule has 0 saturated heterocycles. The van der Waals surface area contributed by atoms with Crippen molar-refractivity contribution in [3.8, 4) is 5.75 Å². The van der Waals surface area contributed by atoms with E-state index in [4.69, 9.17) is 11.6 Å². The number of carbonyl (C=O) groups excluding carboxylic acids is 2. The van der Waals surface area contributed by atoms with Crippen molar-refractivity contribution in [1.82, 2.24) is 5.01 Å². The van der Waals surface area contributed by atoms with Gasteiger partial charge in [0.1, 0.15) is 5.75 Å². The highest BCUT2D eigenvalue weighted by atomic mass is 35.5. The molecular weight excluding hydrogens is 404 g/mol. The molecule has 9 heteroatoms. The van der Waals surface area contributed by atoms with E-state index in [1.165, 1.54) is 23.2 Å². The summed E-state index contributed by atoms with van der Waals surface area (Å²) in [5.74, 6) is -0.829. The van der Waals surface area contributed by atoms with Gasteiger partial charge in [0.2, 0.25) is 11.8 Å². The summed E-state index contributed by atoms with van der Waals surface area (Å²) in [5, 5.41) is 8.23. The molecule has 0 saturated carbocycles. The lowest BCUT2D eigenvalue weighted by Gasteiger charge is -2.12. The third kappa shape index (κ3) is 5.74. The predicted molar refractivity (Wildman–Crippen MR) is 105 cm³/mol. The molecule has 6 nitrogen and oxygen atoms in total. The molecule has 3 rings (SSSR count). The number of alkyl halides is 2. The summed E-state index contributed by atoms with van der Waals surface area (Å²) < 4.78 is 28.7. The predicted octanol–water partition coefficient (Wildman–Crippen LogP) is 4.30. The first-order valence-electron chi connectivity index (χ1n) is 8.90. The second kappa shape index (κ2) is 9.47. The van der Waals surface area contributed by atoms with Gasteiger partial charge in [-0.1, -0.05) is 41.9 Å². The van der Waals surface area contributed by atoms with Crippen LogP contribution in [0, 0.1) is 0 Å². The molecule has 1 heterocycles. The zero-order chi connectivity index (χ0) is 20.8. The van der Waals surface area contributed by atoms with E-state index in [1.807, 2.05) is 30.3 Å². The molecule has 2 aromatic carbocycles. The van der Waals surface area contributed by atoms with Crippen LogP contribution in [0.3, 0.4) is 0 Å². The second-order valence-electron chi connectivity index (χ2n) is 6.25. The minimum atomic E-state index is -2.99. The van der Waals surface area contributed by atoms with Gasteiger partial charge >= 0.3 is 6.61 Å². The van der Waals surface area contributed by atoms with Crippen molar-refractivity contribution in [1.29, 1.82) is 0 Å². The van der Waals surface area contributed by atoms with Crippen molar-refractivity contribution < 1.29 is 23.1 Å². The standard InChI is InChI=1S/C20H18ClF2N3O3/c21-15-12-14(6-7-17(15)29-20(22)23)24-18(27)8-9-19(28)26-11-10-16(25-26)13-4-2-1-3-5-13/h1-7,12,20H,8-11H2,(H,24,27). The van der Waals surface area contributed by atoms with Gasteiger partial charge in [-0.15, -0.1) is 0 Å².